The number of hydrogen-bond donors (Lipinski definition) is 3. The molecule has 1 aliphatic heterocycles. The Hall–Kier alpha value is -1.69. The van der Waals surface area contributed by atoms with Crippen LogP contribution in [0.25, 0.3) is 5.57 Å². The van der Waals surface area contributed by atoms with Gasteiger partial charge in [0.15, 0.2) is 0 Å². The van der Waals surface area contributed by atoms with Gasteiger partial charge in [-0.15, -0.1) is 0 Å². The predicted octanol–water partition coefficient (Wildman–Crippen LogP) is 0.974. The van der Waals surface area contributed by atoms with E-state index in [-0.39, 0.29) is 5.91 Å². The van der Waals surface area contributed by atoms with Crippen LogP contribution < -0.4 is 17.0 Å². The zero-order valence-electron chi connectivity index (χ0n) is 12.3. The molecule has 0 unspecified atom stereocenters. The summed E-state index contributed by atoms with van der Waals surface area (Å²) in [6.45, 7) is 7.95. The molecule has 0 saturated carbocycles. The van der Waals surface area contributed by atoms with Crippen LogP contribution in [0.2, 0.25) is 0 Å². The molecule has 0 atom stereocenters. The van der Waals surface area contributed by atoms with Gasteiger partial charge in [-0.2, -0.15) is 0 Å². The Kier molecular flexibility index (Phi) is 5.50. The minimum Gasteiger partial charge on any atom is -0.329 e. The average molecular weight is 288 g/mol. The number of piperidine rings is 1. The fraction of sp³-hybridized carbons (Fsp3) is 0.438. The van der Waals surface area contributed by atoms with Gasteiger partial charge in [0.05, 0.1) is 0 Å². The van der Waals surface area contributed by atoms with Crippen molar-refractivity contribution < 1.29 is 4.79 Å². The van der Waals surface area contributed by atoms with Crippen molar-refractivity contribution in [1.29, 1.82) is 0 Å². The van der Waals surface area contributed by atoms with Gasteiger partial charge in [-0.3, -0.25) is 10.2 Å². The average Bonchev–Trinajstić information content (AvgIpc) is 2.54. The molecule has 0 spiro atoms. The monoisotopic (exact) mass is 288 g/mol. The summed E-state index contributed by atoms with van der Waals surface area (Å²) in [5, 5.41) is 0. The Morgan fingerprint density at radius 3 is 2.48 bits per heavy atom. The molecule has 2 rings (SSSR count). The quantitative estimate of drug-likeness (QED) is 0.428. The van der Waals surface area contributed by atoms with Crippen LogP contribution in [0, 0.1) is 5.92 Å². The van der Waals surface area contributed by atoms with Gasteiger partial charge < -0.3 is 10.6 Å². The van der Waals surface area contributed by atoms with Gasteiger partial charge in [-0.25, -0.2) is 5.84 Å². The van der Waals surface area contributed by atoms with Crippen LogP contribution >= 0.6 is 0 Å². The van der Waals surface area contributed by atoms with Crippen molar-refractivity contribution in [2.45, 2.75) is 12.8 Å². The number of rotatable bonds is 5. The Morgan fingerprint density at radius 2 is 1.90 bits per heavy atom. The number of amides is 1. The summed E-state index contributed by atoms with van der Waals surface area (Å²) in [7, 11) is 0. The second-order valence-electron chi connectivity index (χ2n) is 5.45. The Labute approximate surface area is 126 Å². The van der Waals surface area contributed by atoms with Crippen molar-refractivity contribution in [2.24, 2.45) is 17.5 Å². The summed E-state index contributed by atoms with van der Waals surface area (Å²) in [6.07, 6.45) is 2.11. The zero-order chi connectivity index (χ0) is 15.2. The maximum atomic E-state index is 11.9. The lowest BCUT2D eigenvalue weighted by atomic mass is 9.84. The second-order valence-corrected chi connectivity index (χ2v) is 5.45. The molecule has 0 bridgehead atoms. The summed E-state index contributed by atoms with van der Waals surface area (Å²) in [6, 6.07) is 7.49. The van der Waals surface area contributed by atoms with E-state index >= 15 is 0 Å². The molecule has 5 N–H and O–H groups in total. The first kappa shape index (κ1) is 15.7. The molecule has 1 saturated heterocycles. The molecule has 1 aromatic carbocycles. The van der Waals surface area contributed by atoms with Crippen LogP contribution in [0.3, 0.4) is 0 Å². The summed E-state index contributed by atoms with van der Waals surface area (Å²) in [5.74, 6) is 5.39. The number of carbonyl (C=O) groups excluding carboxylic acids is 1. The van der Waals surface area contributed by atoms with Crippen molar-refractivity contribution in [3.8, 4) is 0 Å². The number of carbonyl (C=O) groups is 1. The van der Waals surface area contributed by atoms with Gasteiger partial charge in [-0.05, 0) is 49.1 Å². The molecule has 1 aliphatic rings. The Balaban J connectivity index is 2.09. The fourth-order valence-corrected chi connectivity index (χ4v) is 2.95. The lowest BCUT2D eigenvalue weighted by molar-refractivity contribution is 0.0953. The van der Waals surface area contributed by atoms with Crippen LogP contribution in [-0.2, 0) is 0 Å². The van der Waals surface area contributed by atoms with Gasteiger partial charge in [0.2, 0.25) is 0 Å². The smallest absolute Gasteiger partial charge is 0.265 e. The SMILES string of the molecule is C=C(c1ccccc1C(=O)NN)C1CCN(CCN)CC1. The molecule has 0 aliphatic carbocycles. The standard InChI is InChI=1S/C16H24N4O/c1-12(13-6-9-20(10-7-13)11-8-17)14-4-2-3-5-15(14)16(21)19-18/h2-5,13H,1,6-11,17-18H2,(H,19,21). The molecular weight excluding hydrogens is 264 g/mol. The van der Waals surface area contributed by atoms with E-state index < -0.39 is 0 Å². The molecule has 5 heteroatoms. The number of benzene rings is 1. The third-order valence-electron chi connectivity index (χ3n) is 4.17. The van der Waals surface area contributed by atoms with Gasteiger partial charge in [-0.1, -0.05) is 24.8 Å². The first-order valence-electron chi connectivity index (χ1n) is 7.39. The Morgan fingerprint density at radius 1 is 1.29 bits per heavy atom. The van der Waals surface area contributed by atoms with Crippen LogP contribution in [0.1, 0.15) is 28.8 Å². The van der Waals surface area contributed by atoms with E-state index in [9.17, 15) is 4.79 Å². The van der Waals surface area contributed by atoms with E-state index in [1.165, 1.54) is 0 Å². The first-order valence-corrected chi connectivity index (χ1v) is 7.39. The number of hydrazine groups is 1. The topological polar surface area (TPSA) is 84.4 Å². The first-order chi connectivity index (χ1) is 10.2. The highest BCUT2D eigenvalue weighted by Crippen LogP contribution is 2.32. The number of nitrogens with zero attached hydrogens (tertiary/aromatic N) is 1. The number of likely N-dealkylation sites (tertiary alicyclic amines) is 1. The van der Waals surface area contributed by atoms with E-state index in [0.717, 1.165) is 43.6 Å². The Bertz CT molecular complexity index is 507. The fourth-order valence-electron chi connectivity index (χ4n) is 2.95. The molecule has 1 aromatic rings. The van der Waals surface area contributed by atoms with Crippen LogP contribution in [0.15, 0.2) is 30.8 Å². The number of allylic oxidation sites excluding steroid dienone is 1. The molecule has 21 heavy (non-hydrogen) atoms. The highest BCUT2D eigenvalue weighted by atomic mass is 16.2. The van der Waals surface area contributed by atoms with Crippen LogP contribution in [0.4, 0.5) is 0 Å². The molecule has 114 valence electrons. The van der Waals surface area contributed by atoms with Gasteiger partial charge in [0.25, 0.3) is 5.91 Å². The lowest BCUT2D eigenvalue weighted by Gasteiger charge is -2.33. The predicted molar refractivity (Wildman–Crippen MR) is 85.3 cm³/mol. The molecule has 1 fully saturated rings. The number of nitrogen functional groups attached to an aromatic ring is 1. The second kappa shape index (κ2) is 7.36. The van der Waals surface area contributed by atoms with Crippen molar-refractivity contribution >= 4 is 11.5 Å². The maximum absolute atomic E-state index is 11.9. The number of hydrogen-bond acceptors (Lipinski definition) is 4. The van der Waals surface area contributed by atoms with E-state index in [2.05, 4.69) is 16.9 Å². The largest absolute Gasteiger partial charge is 0.329 e. The maximum Gasteiger partial charge on any atom is 0.265 e. The third kappa shape index (κ3) is 3.69. The van der Waals surface area contributed by atoms with Gasteiger partial charge in [0.1, 0.15) is 0 Å². The minimum absolute atomic E-state index is 0.271. The minimum atomic E-state index is -0.271. The molecule has 1 heterocycles. The van der Waals surface area contributed by atoms with Crippen molar-refractivity contribution in [3.05, 3.63) is 42.0 Å². The highest BCUT2D eigenvalue weighted by molar-refractivity contribution is 5.98. The third-order valence-corrected chi connectivity index (χ3v) is 4.17. The van der Waals surface area contributed by atoms with Crippen molar-refractivity contribution in [1.82, 2.24) is 10.3 Å². The normalized spacial score (nSPS) is 16.7. The van der Waals surface area contributed by atoms with Gasteiger partial charge in [0, 0.05) is 18.7 Å². The lowest BCUT2D eigenvalue weighted by Crippen LogP contribution is -2.37. The van der Waals surface area contributed by atoms with E-state index in [1.54, 1.807) is 6.07 Å². The molecule has 0 aromatic heterocycles. The van der Waals surface area contributed by atoms with Crippen molar-refractivity contribution in [2.75, 3.05) is 26.2 Å². The van der Waals surface area contributed by atoms with Crippen LogP contribution in [0.5, 0.6) is 0 Å². The van der Waals surface area contributed by atoms with E-state index in [0.29, 0.717) is 18.0 Å². The van der Waals surface area contributed by atoms with E-state index in [1.807, 2.05) is 18.2 Å². The number of nitrogens with two attached hydrogens (primary N) is 2. The zero-order valence-corrected chi connectivity index (χ0v) is 12.3. The highest BCUT2D eigenvalue weighted by Gasteiger charge is 2.23. The summed E-state index contributed by atoms with van der Waals surface area (Å²) < 4.78 is 0. The summed E-state index contributed by atoms with van der Waals surface area (Å²) in [4.78, 5) is 14.2. The van der Waals surface area contributed by atoms with Gasteiger partial charge >= 0.3 is 0 Å². The summed E-state index contributed by atoms with van der Waals surface area (Å²) in [5.41, 5.74) is 10.3. The van der Waals surface area contributed by atoms with Crippen LogP contribution in [-0.4, -0.2) is 37.0 Å². The molecule has 5 nitrogen and oxygen atoms in total. The van der Waals surface area contributed by atoms with Crippen molar-refractivity contribution in [3.63, 3.8) is 0 Å². The molecule has 0 radical (unpaired) electrons. The molecule has 1 amide bonds. The van der Waals surface area contributed by atoms with E-state index in [4.69, 9.17) is 11.6 Å². The summed E-state index contributed by atoms with van der Waals surface area (Å²) >= 11 is 0. The molecular formula is C16H24N4O. The number of nitrogens with one attached hydrogen (secondary N) is 1.